The van der Waals surface area contributed by atoms with E-state index in [4.69, 9.17) is 0 Å². The zero-order valence-corrected chi connectivity index (χ0v) is 8.53. The van der Waals surface area contributed by atoms with Crippen molar-refractivity contribution < 1.29 is 0 Å². The third kappa shape index (κ3) is 29.9. The van der Waals surface area contributed by atoms with Crippen molar-refractivity contribution in [3.8, 4) is 0 Å². The van der Waals surface area contributed by atoms with E-state index in [9.17, 15) is 0 Å². The van der Waals surface area contributed by atoms with Gasteiger partial charge in [0.15, 0.2) is 0 Å². The van der Waals surface area contributed by atoms with Gasteiger partial charge in [0, 0.05) is 0 Å². The molecule has 0 nitrogen and oxygen atoms in total. The van der Waals surface area contributed by atoms with Crippen LogP contribution in [0.2, 0.25) is 11.5 Å². The molecular formula is C2H6Br2Ge. The minimum absolute atomic E-state index is 1.38. The number of halogens is 2. The summed E-state index contributed by atoms with van der Waals surface area (Å²) in [6.45, 7) is 0. The van der Waals surface area contributed by atoms with E-state index in [1.165, 1.54) is 0 Å². The van der Waals surface area contributed by atoms with E-state index in [-0.39, 0.29) is 0 Å². The van der Waals surface area contributed by atoms with Crippen molar-refractivity contribution in [3.05, 3.63) is 0 Å². The van der Waals surface area contributed by atoms with E-state index in [1.54, 1.807) is 0 Å². The van der Waals surface area contributed by atoms with E-state index in [1.807, 2.05) is 0 Å². The van der Waals surface area contributed by atoms with Crippen LogP contribution < -0.4 is 0 Å². The van der Waals surface area contributed by atoms with Crippen LogP contribution >= 0.6 is 28.0 Å². The molecule has 0 bridgehead atoms. The van der Waals surface area contributed by atoms with E-state index >= 15 is 0 Å². The quantitative estimate of drug-likeness (QED) is 0.588. The SMILES string of the molecule is [CH3][Ge]([CH3])([Br])[Br]. The van der Waals surface area contributed by atoms with Gasteiger partial charge in [0.25, 0.3) is 0 Å². The molecule has 0 heterocycles. The summed E-state index contributed by atoms with van der Waals surface area (Å²) >= 11 is 6.96. The van der Waals surface area contributed by atoms with Gasteiger partial charge >= 0.3 is 49.1 Å². The average Bonchev–Trinajstić information content (AvgIpc) is 0.722. The van der Waals surface area contributed by atoms with Crippen LogP contribution in [-0.2, 0) is 0 Å². The summed E-state index contributed by atoms with van der Waals surface area (Å²) in [4.78, 5) is 0. The molecule has 32 valence electrons. The number of rotatable bonds is 0. The first-order valence-corrected chi connectivity index (χ1v) is 15.4. The Kier molecular flexibility index (Phi) is 2.58. The molecule has 3 heteroatoms. The zero-order chi connectivity index (χ0) is 4.50. The maximum absolute atomic E-state index is 3.48. The zero-order valence-electron chi connectivity index (χ0n) is 3.26. The van der Waals surface area contributed by atoms with Crippen molar-refractivity contribution in [1.29, 1.82) is 0 Å². The summed E-state index contributed by atoms with van der Waals surface area (Å²) in [5.41, 5.74) is 0. The molecule has 0 rings (SSSR count). The predicted octanol–water partition coefficient (Wildman–Crippen LogP) is 2.48. The van der Waals surface area contributed by atoms with Crippen LogP contribution in [0, 0.1) is 0 Å². The Morgan fingerprint density at radius 2 is 1.20 bits per heavy atom. The fourth-order valence-corrected chi connectivity index (χ4v) is 0. The van der Waals surface area contributed by atoms with Gasteiger partial charge in [-0.15, -0.1) is 0 Å². The minimum atomic E-state index is -1.38. The molecule has 0 saturated carbocycles. The van der Waals surface area contributed by atoms with Gasteiger partial charge in [0.2, 0.25) is 0 Å². The topological polar surface area (TPSA) is 0 Å². The summed E-state index contributed by atoms with van der Waals surface area (Å²) in [5.74, 6) is 4.42. The monoisotopic (exact) mass is 262 g/mol. The first-order valence-electron chi connectivity index (χ1n) is 1.38. The van der Waals surface area contributed by atoms with Crippen LogP contribution in [0.1, 0.15) is 0 Å². The second-order valence-corrected chi connectivity index (χ2v) is 33.0. The molecule has 0 aliphatic heterocycles. The average molecular weight is 262 g/mol. The summed E-state index contributed by atoms with van der Waals surface area (Å²) < 4.78 is 0. The molecule has 0 atom stereocenters. The first kappa shape index (κ1) is 6.50. The van der Waals surface area contributed by atoms with Gasteiger partial charge in [-0.3, -0.25) is 0 Å². The molecule has 0 spiro atoms. The molecule has 0 unspecified atom stereocenters. The van der Waals surface area contributed by atoms with Crippen LogP contribution in [0.15, 0.2) is 0 Å². The Balaban J connectivity index is 3.02. The van der Waals surface area contributed by atoms with Crippen molar-refractivity contribution in [2.75, 3.05) is 0 Å². The Hall–Kier alpha value is 1.50. The first-order chi connectivity index (χ1) is 2.00. The molecular weight excluding hydrogens is 256 g/mol. The molecule has 0 saturated heterocycles. The maximum atomic E-state index is 3.48. The van der Waals surface area contributed by atoms with Gasteiger partial charge in [-0.2, -0.15) is 0 Å². The van der Waals surface area contributed by atoms with E-state index < -0.39 is 9.58 Å². The molecule has 0 amide bonds. The van der Waals surface area contributed by atoms with Crippen LogP contribution in [0.5, 0.6) is 0 Å². The second-order valence-electron chi connectivity index (χ2n) is 1.33. The van der Waals surface area contributed by atoms with Gasteiger partial charge < -0.3 is 0 Å². The molecule has 0 N–H and O–H groups in total. The van der Waals surface area contributed by atoms with Crippen molar-refractivity contribution >= 4 is 37.6 Å². The fraction of sp³-hybridized carbons (Fsp3) is 1.00. The van der Waals surface area contributed by atoms with Crippen LogP contribution in [0.25, 0.3) is 0 Å². The molecule has 0 aromatic carbocycles. The third-order valence-electron chi connectivity index (χ3n) is 0. The summed E-state index contributed by atoms with van der Waals surface area (Å²) in [7, 11) is -1.38. The molecule has 0 fully saturated rings. The Morgan fingerprint density at radius 3 is 1.20 bits per heavy atom. The van der Waals surface area contributed by atoms with E-state index in [0.717, 1.165) is 0 Å². The summed E-state index contributed by atoms with van der Waals surface area (Å²) in [5, 5.41) is 0. The van der Waals surface area contributed by atoms with Crippen molar-refractivity contribution in [1.82, 2.24) is 0 Å². The van der Waals surface area contributed by atoms with Crippen LogP contribution in [0.4, 0.5) is 0 Å². The predicted molar refractivity (Wildman–Crippen MR) is 35.3 cm³/mol. The van der Waals surface area contributed by atoms with Crippen LogP contribution in [0.3, 0.4) is 0 Å². The fourth-order valence-electron chi connectivity index (χ4n) is 0. The van der Waals surface area contributed by atoms with E-state index in [2.05, 4.69) is 39.5 Å². The summed E-state index contributed by atoms with van der Waals surface area (Å²) in [6.07, 6.45) is 0. The summed E-state index contributed by atoms with van der Waals surface area (Å²) in [6, 6.07) is 0. The Morgan fingerprint density at radius 1 is 1.20 bits per heavy atom. The standard InChI is InChI=1S/C2H6Br2Ge/c1-5(2,3)4/h1-2H3. The molecule has 0 radical (unpaired) electrons. The van der Waals surface area contributed by atoms with Crippen molar-refractivity contribution in [2.24, 2.45) is 0 Å². The van der Waals surface area contributed by atoms with Gasteiger partial charge in [-0.1, -0.05) is 0 Å². The molecule has 5 heavy (non-hydrogen) atoms. The molecule has 0 aromatic rings. The molecule has 0 aromatic heterocycles. The third-order valence-corrected chi connectivity index (χ3v) is 0. The van der Waals surface area contributed by atoms with Gasteiger partial charge in [-0.25, -0.2) is 0 Å². The van der Waals surface area contributed by atoms with Crippen LogP contribution in [-0.4, -0.2) is 9.58 Å². The number of hydrogen-bond acceptors (Lipinski definition) is 0. The molecule has 0 aliphatic rings. The van der Waals surface area contributed by atoms with Crippen molar-refractivity contribution in [2.45, 2.75) is 11.5 Å². The Labute approximate surface area is 48.9 Å². The van der Waals surface area contributed by atoms with E-state index in [0.29, 0.717) is 0 Å². The van der Waals surface area contributed by atoms with Gasteiger partial charge in [0.05, 0.1) is 0 Å². The number of hydrogen-bond donors (Lipinski definition) is 0. The van der Waals surface area contributed by atoms with Gasteiger partial charge in [-0.05, 0) is 0 Å². The molecule has 0 aliphatic carbocycles. The Bertz CT molecular complexity index is 23.1. The normalized spacial score (nSPS) is 12.0. The second kappa shape index (κ2) is 1.98. The van der Waals surface area contributed by atoms with Crippen molar-refractivity contribution in [3.63, 3.8) is 0 Å². The van der Waals surface area contributed by atoms with Gasteiger partial charge in [0.1, 0.15) is 0 Å².